The first kappa shape index (κ1) is 36.4. The van der Waals surface area contributed by atoms with E-state index in [9.17, 15) is 80.6 Å². The molecule has 1 N–H and O–H groups in total. The summed E-state index contributed by atoms with van der Waals surface area (Å²) < 4.78 is 195. The Morgan fingerprint density at radius 3 is 1.77 bits per heavy atom. The minimum absolute atomic E-state index is 0.0605. The van der Waals surface area contributed by atoms with Crippen LogP contribution in [0.5, 0.6) is 0 Å². The summed E-state index contributed by atoms with van der Waals surface area (Å²) in [6.45, 7) is 0. The molecule has 240 valence electrons. The second-order valence-electron chi connectivity index (χ2n) is 7.80. The Kier molecular flexibility index (Phi) is 10.4. The molecule has 1 amide bonds. The van der Waals surface area contributed by atoms with Gasteiger partial charge in [0.25, 0.3) is 5.69 Å². The summed E-state index contributed by atoms with van der Waals surface area (Å²) in [6, 6.07) is 4.08. The van der Waals surface area contributed by atoms with Gasteiger partial charge in [-0.15, -0.1) is 0 Å². The van der Waals surface area contributed by atoms with Gasteiger partial charge in [-0.05, 0) is 47.8 Å². The predicted octanol–water partition coefficient (Wildman–Crippen LogP) is 8.11. The Labute approximate surface area is 240 Å². The van der Waals surface area contributed by atoms with E-state index in [1.807, 2.05) is 0 Å². The van der Waals surface area contributed by atoms with Crippen LogP contribution in [0, 0.1) is 10.1 Å². The summed E-state index contributed by atoms with van der Waals surface area (Å²) in [4.78, 5) is 19.0. The third kappa shape index (κ3) is 7.83. The molecule has 0 heterocycles. The largest absolute Gasteiger partial charge is 0.460 e. The van der Waals surface area contributed by atoms with E-state index in [0.717, 1.165) is 18.2 Å². The first-order valence-corrected chi connectivity index (χ1v) is 13.3. The molecule has 0 bridgehead atoms. The fraction of sp³-hybridized carbons (Fsp3) is 0.350. The fourth-order valence-corrected chi connectivity index (χ4v) is 5.48. The van der Waals surface area contributed by atoms with Gasteiger partial charge in [0, 0.05) is 15.9 Å². The SMILES string of the molecule is O=C(CS(=O)c1ccc(SC(F)(F)C(F)(F)C(F)(F)F)cc1[N+](=O)[O-])Nc1ccccc1SC(F)(F)C(F)(F)C(F)(F)F. The molecule has 0 radical (unpaired) electrons. The number of hydrogen-bond acceptors (Lipinski definition) is 6. The molecular weight excluding hydrogens is 694 g/mol. The van der Waals surface area contributed by atoms with Crippen LogP contribution in [-0.4, -0.2) is 55.5 Å². The van der Waals surface area contributed by atoms with Gasteiger partial charge in [0.15, 0.2) is 0 Å². The molecule has 23 heteroatoms. The van der Waals surface area contributed by atoms with Crippen LogP contribution in [0.25, 0.3) is 0 Å². The van der Waals surface area contributed by atoms with Gasteiger partial charge < -0.3 is 5.32 Å². The molecule has 1 atom stereocenters. The minimum atomic E-state index is -6.71. The molecule has 0 aliphatic carbocycles. The van der Waals surface area contributed by atoms with Crippen molar-refractivity contribution < 1.29 is 75.4 Å². The summed E-state index contributed by atoms with van der Waals surface area (Å²) in [7, 11) is -2.84. The molecule has 1 unspecified atom stereocenters. The van der Waals surface area contributed by atoms with Gasteiger partial charge in [0.2, 0.25) is 5.91 Å². The number of nitrogens with one attached hydrogen (secondary N) is 1. The minimum Gasteiger partial charge on any atom is -0.324 e. The molecule has 0 spiro atoms. The van der Waals surface area contributed by atoms with E-state index in [-0.39, 0.29) is 6.07 Å². The number of carbonyl (C=O) groups excluding carboxylic acids is 1. The molecule has 2 aromatic rings. The number of carbonyl (C=O) groups is 1. The number of rotatable bonds is 11. The van der Waals surface area contributed by atoms with Crippen LogP contribution >= 0.6 is 23.5 Å². The van der Waals surface area contributed by atoms with Crippen LogP contribution in [0.3, 0.4) is 0 Å². The number of benzene rings is 2. The molecule has 0 aliphatic rings. The lowest BCUT2D eigenvalue weighted by atomic mass is 10.3. The molecule has 0 saturated carbocycles. The van der Waals surface area contributed by atoms with Crippen LogP contribution < -0.4 is 5.32 Å². The van der Waals surface area contributed by atoms with E-state index < -0.39 is 112 Å². The molecular formula is C20H10F14N2O4S3. The summed E-state index contributed by atoms with van der Waals surface area (Å²) in [5, 5.41) is 1.44. The number of halogens is 14. The quantitative estimate of drug-likeness (QED) is 0.110. The summed E-state index contributed by atoms with van der Waals surface area (Å²) in [5.74, 6) is -15.9. The number of nitro benzene ring substituents is 1. The smallest absolute Gasteiger partial charge is 0.324 e. The van der Waals surface area contributed by atoms with Crippen molar-refractivity contribution in [3.63, 3.8) is 0 Å². The highest BCUT2D eigenvalue weighted by Gasteiger charge is 2.74. The monoisotopic (exact) mass is 704 g/mol. The van der Waals surface area contributed by atoms with E-state index in [2.05, 4.69) is 0 Å². The lowest BCUT2D eigenvalue weighted by Crippen LogP contribution is -2.49. The number of hydrogen-bond donors (Lipinski definition) is 1. The molecule has 2 aromatic carbocycles. The van der Waals surface area contributed by atoms with Crippen LogP contribution in [0.4, 0.5) is 72.8 Å². The third-order valence-corrected chi connectivity index (χ3v) is 8.17. The third-order valence-electron chi connectivity index (χ3n) is 4.72. The highest BCUT2D eigenvalue weighted by molar-refractivity contribution is 8.00. The Balaban J connectivity index is 2.28. The zero-order chi connectivity index (χ0) is 33.4. The van der Waals surface area contributed by atoms with Gasteiger partial charge in [0.05, 0.1) is 21.4 Å². The zero-order valence-corrected chi connectivity index (χ0v) is 22.3. The van der Waals surface area contributed by atoms with Crippen molar-refractivity contribution in [3.05, 3.63) is 52.6 Å². The maximum Gasteiger partial charge on any atom is 0.460 e. The molecule has 43 heavy (non-hydrogen) atoms. The highest BCUT2D eigenvalue weighted by atomic mass is 32.2. The van der Waals surface area contributed by atoms with Gasteiger partial charge in [-0.25, -0.2) is 0 Å². The molecule has 0 aliphatic heterocycles. The number of nitro groups is 1. The average molecular weight is 704 g/mol. The van der Waals surface area contributed by atoms with Gasteiger partial charge in [-0.3, -0.25) is 19.1 Å². The summed E-state index contributed by atoms with van der Waals surface area (Å²) >= 11 is -2.71. The molecule has 6 nitrogen and oxygen atoms in total. The number of nitrogens with zero attached hydrogens (tertiary/aromatic N) is 1. The average Bonchev–Trinajstić information content (AvgIpc) is 2.83. The van der Waals surface area contributed by atoms with Crippen LogP contribution in [-0.2, 0) is 15.6 Å². The number of para-hydroxylation sites is 1. The van der Waals surface area contributed by atoms with Crippen LogP contribution in [0.2, 0.25) is 0 Å². The standard InChI is InChI=1S/C20H10F14N2O4S3/c21-15(22,17(25,26)27)19(31,32)41-9-5-6-13(11(7-9)36(38)39)43(40)8-14(37)35-10-3-1-2-4-12(10)42-20(33,34)16(23,24)18(28,29)30/h1-7H,8H2,(H,35,37). The van der Waals surface area contributed by atoms with Crippen LogP contribution in [0.15, 0.2) is 57.2 Å². The number of anilines is 1. The van der Waals surface area contributed by atoms with E-state index in [0.29, 0.717) is 18.2 Å². The summed E-state index contributed by atoms with van der Waals surface area (Å²) in [6.07, 6.45) is -13.4. The highest BCUT2D eigenvalue weighted by Crippen LogP contribution is 2.55. The van der Waals surface area contributed by atoms with Crippen molar-refractivity contribution in [2.75, 3.05) is 11.1 Å². The number of amides is 1. The van der Waals surface area contributed by atoms with Gasteiger partial charge >= 0.3 is 34.7 Å². The van der Waals surface area contributed by atoms with Crippen molar-refractivity contribution in [1.82, 2.24) is 0 Å². The van der Waals surface area contributed by atoms with Crippen molar-refractivity contribution in [3.8, 4) is 0 Å². The van der Waals surface area contributed by atoms with Gasteiger partial charge in [-0.2, -0.15) is 61.5 Å². The number of thioether (sulfide) groups is 2. The van der Waals surface area contributed by atoms with E-state index in [4.69, 9.17) is 0 Å². The molecule has 0 aromatic heterocycles. The Hall–Kier alpha value is -2.82. The Morgan fingerprint density at radius 1 is 0.791 bits per heavy atom. The lowest BCUT2D eigenvalue weighted by molar-refractivity contribution is -0.388. The maximum absolute atomic E-state index is 13.8. The lowest BCUT2D eigenvalue weighted by Gasteiger charge is -2.28. The first-order valence-electron chi connectivity index (χ1n) is 10.3. The predicted molar refractivity (Wildman–Crippen MR) is 123 cm³/mol. The molecule has 0 saturated heterocycles. The van der Waals surface area contributed by atoms with E-state index in [1.54, 1.807) is 5.32 Å². The van der Waals surface area contributed by atoms with Gasteiger partial charge in [0.1, 0.15) is 10.6 Å². The first-order chi connectivity index (χ1) is 19.2. The Morgan fingerprint density at radius 2 is 1.28 bits per heavy atom. The fourth-order valence-electron chi connectivity index (χ4n) is 2.68. The normalized spacial score (nSPS) is 14.4. The van der Waals surface area contributed by atoms with E-state index in [1.165, 1.54) is 0 Å². The number of alkyl halides is 14. The van der Waals surface area contributed by atoms with E-state index >= 15 is 0 Å². The van der Waals surface area contributed by atoms with Gasteiger partial charge in [-0.1, -0.05) is 12.1 Å². The topological polar surface area (TPSA) is 89.3 Å². The maximum atomic E-state index is 13.8. The Bertz CT molecular complexity index is 1400. The van der Waals surface area contributed by atoms with Crippen molar-refractivity contribution in [2.45, 2.75) is 49.4 Å². The van der Waals surface area contributed by atoms with Crippen molar-refractivity contribution in [2.24, 2.45) is 0 Å². The zero-order valence-electron chi connectivity index (χ0n) is 19.8. The molecule has 0 fully saturated rings. The van der Waals surface area contributed by atoms with Crippen molar-refractivity contribution >= 4 is 51.6 Å². The molecule has 2 rings (SSSR count). The van der Waals surface area contributed by atoms with Crippen LogP contribution in [0.1, 0.15) is 0 Å². The second kappa shape index (κ2) is 12.3. The second-order valence-corrected chi connectivity index (χ2v) is 11.6. The van der Waals surface area contributed by atoms with Crippen molar-refractivity contribution in [1.29, 1.82) is 0 Å². The summed E-state index contributed by atoms with van der Waals surface area (Å²) in [5.41, 5.74) is -2.17.